The first-order valence-electron chi connectivity index (χ1n) is 4.06. The molecule has 90 valence electrons. The standard InChI is InChI=1S/C6H6O4.C3H7NO2/c1-4(6(9)10)2-3-5(7)8;1-2-6-3(4)5/h2-3H,1H2,(H,7,8)(H,9,10);2H2,1H3,(H2,4,5). The first kappa shape index (κ1) is 16.1. The number of hydrogen-bond acceptors (Lipinski definition) is 4. The Hall–Kier alpha value is -2.31. The number of carbonyl (C=O) groups is 3. The van der Waals surface area contributed by atoms with Gasteiger partial charge in [0.1, 0.15) is 0 Å². The lowest BCUT2D eigenvalue weighted by Gasteiger charge is -1.89. The third kappa shape index (κ3) is 14.2. The normalized spacial score (nSPS) is 8.81. The molecule has 7 heteroatoms. The second kappa shape index (κ2) is 9.25. The lowest BCUT2D eigenvalue weighted by Crippen LogP contribution is -2.11. The fourth-order valence-electron chi connectivity index (χ4n) is 0.385. The van der Waals surface area contributed by atoms with Crippen molar-refractivity contribution in [2.75, 3.05) is 6.61 Å². The van der Waals surface area contributed by atoms with E-state index in [-0.39, 0.29) is 5.57 Å². The fourth-order valence-corrected chi connectivity index (χ4v) is 0.385. The van der Waals surface area contributed by atoms with Gasteiger partial charge in [-0.25, -0.2) is 14.4 Å². The summed E-state index contributed by atoms with van der Waals surface area (Å²) in [6.45, 7) is 5.13. The molecule has 0 rings (SSSR count). The van der Waals surface area contributed by atoms with Crippen molar-refractivity contribution >= 4 is 18.0 Å². The molecule has 0 saturated heterocycles. The van der Waals surface area contributed by atoms with E-state index in [1.165, 1.54) is 0 Å². The highest BCUT2D eigenvalue weighted by molar-refractivity contribution is 5.91. The van der Waals surface area contributed by atoms with Gasteiger partial charge in [0.2, 0.25) is 0 Å². The fraction of sp³-hybridized carbons (Fsp3) is 0.222. The van der Waals surface area contributed by atoms with Crippen LogP contribution in [0.5, 0.6) is 0 Å². The summed E-state index contributed by atoms with van der Waals surface area (Å²) in [5, 5.41) is 16.2. The van der Waals surface area contributed by atoms with Gasteiger partial charge in [-0.1, -0.05) is 6.58 Å². The highest BCUT2D eigenvalue weighted by atomic mass is 16.5. The van der Waals surface area contributed by atoms with Gasteiger partial charge in [0, 0.05) is 6.08 Å². The average molecular weight is 231 g/mol. The van der Waals surface area contributed by atoms with Crippen LogP contribution in [0.1, 0.15) is 6.92 Å². The van der Waals surface area contributed by atoms with E-state index in [1.807, 2.05) is 0 Å². The van der Waals surface area contributed by atoms with E-state index in [2.05, 4.69) is 17.0 Å². The molecule has 0 bridgehead atoms. The van der Waals surface area contributed by atoms with Gasteiger partial charge in [0.25, 0.3) is 0 Å². The Morgan fingerprint density at radius 3 is 2.00 bits per heavy atom. The molecule has 0 aromatic heterocycles. The van der Waals surface area contributed by atoms with Crippen LogP contribution in [0.25, 0.3) is 0 Å². The molecular weight excluding hydrogens is 218 g/mol. The summed E-state index contributed by atoms with van der Waals surface area (Å²) in [7, 11) is 0. The summed E-state index contributed by atoms with van der Waals surface area (Å²) < 4.78 is 4.18. The largest absolute Gasteiger partial charge is 0.478 e. The van der Waals surface area contributed by atoms with Crippen molar-refractivity contribution < 1.29 is 29.3 Å². The van der Waals surface area contributed by atoms with E-state index < -0.39 is 18.0 Å². The zero-order valence-electron chi connectivity index (χ0n) is 8.67. The van der Waals surface area contributed by atoms with Gasteiger partial charge in [0.05, 0.1) is 12.2 Å². The molecule has 0 aliphatic heterocycles. The molecule has 0 atom stereocenters. The Balaban J connectivity index is 0. The minimum Gasteiger partial charge on any atom is -0.478 e. The first-order chi connectivity index (χ1) is 7.31. The zero-order valence-corrected chi connectivity index (χ0v) is 8.67. The number of primary amides is 1. The number of rotatable bonds is 4. The zero-order chi connectivity index (χ0) is 13.1. The van der Waals surface area contributed by atoms with Crippen LogP contribution in [-0.2, 0) is 14.3 Å². The van der Waals surface area contributed by atoms with Crippen molar-refractivity contribution in [3.8, 4) is 0 Å². The topological polar surface area (TPSA) is 127 Å². The van der Waals surface area contributed by atoms with E-state index in [0.717, 1.165) is 12.2 Å². The van der Waals surface area contributed by atoms with Crippen LogP contribution in [-0.4, -0.2) is 34.9 Å². The van der Waals surface area contributed by atoms with Crippen LogP contribution >= 0.6 is 0 Å². The van der Waals surface area contributed by atoms with Gasteiger partial charge in [-0.05, 0) is 13.0 Å². The third-order valence-electron chi connectivity index (χ3n) is 0.988. The Morgan fingerprint density at radius 2 is 1.81 bits per heavy atom. The third-order valence-corrected chi connectivity index (χ3v) is 0.988. The minimum atomic E-state index is -1.22. The van der Waals surface area contributed by atoms with Crippen molar-refractivity contribution in [3.05, 3.63) is 24.3 Å². The second-order valence-corrected chi connectivity index (χ2v) is 2.25. The highest BCUT2D eigenvalue weighted by Crippen LogP contribution is 1.90. The van der Waals surface area contributed by atoms with Gasteiger partial charge in [-0.15, -0.1) is 0 Å². The number of carbonyl (C=O) groups excluding carboxylic acids is 1. The molecule has 7 nitrogen and oxygen atoms in total. The number of amides is 1. The van der Waals surface area contributed by atoms with Crippen LogP contribution < -0.4 is 5.73 Å². The predicted molar refractivity (Wildman–Crippen MR) is 54.8 cm³/mol. The molecule has 0 aromatic rings. The summed E-state index contributed by atoms with van der Waals surface area (Å²) >= 11 is 0. The van der Waals surface area contributed by atoms with Crippen molar-refractivity contribution in [1.82, 2.24) is 0 Å². The summed E-state index contributed by atoms with van der Waals surface area (Å²) in [6.07, 6.45) is 0.929. The van der Waals surface area contributed by atoms with Crippen LogP contribution in [0.2, 0.25) is 0 Å². The highest BCUT2D eigenvalue weighted by Gasteiger charge is 1.97. The van der Waals surface area contributed by atoms with Crippen molar-refractivity contribution in [2.45, 2.75) is 6.92 Å². The SMILES string of the molecule is C=C(C=CC(=O)O)C(=O)O.CCOC(N)=O. The number of hydrogen-bond donors (Lipinski definition) is 3. The number of nitrogens with two attached hydrogens (primary N) is 1. The Kier molecular flexibility index (Phi) is 9.33. The molecular formula is C9H13NO6. The number of ether oxygens (including phenoxy) is 1. The predicted octanol–water partition coefficient (Wildman–Crippen LogP) is 0.370. The lowest BCUT2D eigenvalue weighted by atomic mass is 10.3. The molecule has 0 radical (unpaired) electrons. The average Bonchev–Trinajstić information content (AvgIpc) is 2.14. The molecule has 1 amide bonds. The number of aliphatic carboxylic acids is 2. The molecule has 0 spiro atoms. The smallest absolute Gasteiger partial charge is 0.404 e. The van der Waals surface area contributed by atoms with E-state index in [9.17, 15) is 14.4 Å². The van der Waals surface area contributed by atoms with Gasteiger partial charge in [-0.2, -0.15) is 0 Å². The molecule has 0 fully saturated rings. The van der Waals surface area contributed by atoms with Crippen molar-refractivity contribution in [2.24, 2.45) is 5.73 Å². The van der Waals surface area contributed by atoms with Crippen LogP contribution in [0.3, 0.4) is 0 Å². The van der Waals surface area contributed by atoms with E-state index >= 15 is 0 Å². The Morgan fingerprint density at radius 1 is 1.31 bits per heavy atom. The molecule has 0 saturated carbocycles. The molecule has 0 aliphatic carbocycles. The summed E-state index contributed by atoms with van der Waals surface area (Å²) in [5.74, 6) is -2.42. The summed E-state index contributed by atoms with van der Waals surface area (Å²) in [5.41, 5.74) is 4.29. The summed E-state index contributed by atoms with van der Waals surface area (Å²) in [6, 6.07) is 0. The van der Waals surface area contributed by atoms with Gasteiger partial charge in [-0.3, -0.25) is 0 Å². The van der Waals surface area contributed by atoms with E-state index in [0.29, 0.717) is 6.61 Å². The van der Waals surface area contributed by atoms with Crippen LogP contribution in [0, 0.1) is 0 Å². The van der Waals surface area contributed by atoms with Crippen molar-refractivity contribution in [3.63, 3.8) is 0 Å². The molecule has 4 N–H and O–H groups in total. The maximum Gasteiger partial charge on any atom is 0.404 e. The molecule has 0 aromatic carbocycles. The maximum atomic E-state index is 9.97. The van der Waals surface area contributed by atoms with E-state index in [1.54, 1.807) is 6.92 Å². The molecule has 0 aliphatic rings. The molecule has 0 heterocycles. The Bertz CT molecular complexity index is 307. The van der Waals surface area contributed by atoms with Crippen LogP contribution in [0.15, 0.2) is 24.3 Å². The second-order valence-electron chi connectivity index (χ2n) is 2.25. The molecule has 0 unspecified atom stereocenters. The van der Waals surface area contributed by atoms with Crippen molar-refractivity contribution in [1.29, 1.82) is 0 Å². The Labute approximate surface area is 91.8 Å². The quantitative estimate of drug-likeness (QED) is 0.473. The van der Waals surface area contributed by atoms with Crippen LogP contribution in [0.4, 0.5) is 4.79 Å². The lowest BCUT2D eigenvalue weighted by molar-refractivity contribution is -0.132. The van der Waals surface area contributed by atoms with Gasteiger partial charge < -0.3 is 20.7 Å². The van der Waals surface area contributed by atoms with Gasteiger partial charge in [0.15, 0.2) is 0 Å². The number of carboxylic acids is 2. The monoisotopic (exact) mass is 231 g/mol. The number of carboxylic acid groups (broad SMARTS) is 2. The molecule has 16 heavy (non-hydrogen) atoms. The van der Waals surface area contributed by atoms with E-state index in [4.69, 9.17) is 10.2 Å². The first-order valence-corrected chi connectivity index (χ1v) is 4.06. The van der Waals surface area contributed by atoms with Gasteiger partial charge >= 0.3 is 18.0 Å². The maximum absolute atomic E-state index is 9.97. The summed E-state index contributed by atoms with van der Waals surface area (Å²) in [4.78, 5) is 29.4. The minimum absolute atomic E-state index is 0.248.